The molecule has 6 heteroatoms. The number of nitrogens with zero attached hydrogens (tertiary/aromatic N) is 4. The predicted octanol–water partition coefficient (Wildman–Crippen LogP) is 2.93. The highest BCUT2D eigenvalue weighted by molar-refractivity contribution is 5.56. The standard InChI is InChI=1S/C16H16N6/c1-12-5-4-7-13(9-12)20-15-11-19-22-16(21-15)18-10-14-6-2-3-8-17-14/h2-9,11H,10H2,1H3,(H2,18,20,21,22). The van der Waals surface area contributed by atoms with E-state index in [-0.39, 0.29) is 0 Å². The summed E-state index contributed by atoms with van der Waals surface area (Å²) >= 11 is 0. The molecule has 0 amide bonds. The van der Waals surface area contributed by atoms with E-state index in [9.17, 15) is 0 Å². The number of benzene rings is 1. The Morgan fingerprint density at radius 1 is 1.09 bits per heavy atom. The van der Waals surface area contributed by atoms with Crippen molar-refractivity contribution in [2.45, 2.75) is 13.5 Å². The molecule has 3 aromatic rings. The number of hydrogen-bond acceptors (Lipinski definition) is 6. The maximum atomic E-state index is 4.39. The minimum atomic E-state index is 0.461. The van der Waals surface area contributed by atoms with Crippen LogP contribution in [0.2, 0.25) is 0 Å². The second-order valence-electron chi connectivity index (χ2n) is 4.83. The number of hydrogen-bond donors (Lipinski definition) is 2. The van der Waals surface area contributed by atoms with Gasteiger partial charge in [0.25, 0.3) is 0 Å². The molecule has 0 fully saturated rings. The molecular formula is C16H16N6. The molecule has 0 aliphatic carbocycles. The Morgan fingerprint density at radius 2 is 2.05 bits per heavy atom. The number of rotatable bonds is 5. The van der Waals surface area contributed by atoms with Gasteiger partial charge in [0.2, 0.25) is 5.95 Å². The Bertz CT molecular complexity index is 744. The molecular weight excluding hydrogens is 276 g/mol. The Morgan fingerprint density at radius 3 is 2.86 bits per heavy atom. The maximum absolute atomic E-state index is 4.39. The molecule has 0 unspecified atom stereocenters. The van der Waals surface area contributed by atoms with Gasteiger partial charge in [-0.15, -0.1) is 5.10 Å². The van der Waals surface area contributed by atoms with Gasteiger partial charge in [0.1, 0.15) is 0 Å². The lowest BCUT2D eigenvalue weighted by atomic mass is 10.2. The van der Waals surface area contributed by atoms with Gasteiger partial charge >= 0.3 is 0 Å². The van der Waals surface area contributed by atoms with Crippen LogP contribution in [0.25, 0.3) is 0 Å². The van der Waals surface area contributed by atoms with Crippen molar-refractivity contribution >= 4 is 17.5 Å². The number of pyridine rings is 1. The zero-order chi connectivity index (χ0) is 15.2. The van der Waals surface area contributed by atoms with Crippen LogP contribution in [0.5, 0.6) is 0 Å². The van der Waals surface area contributed by atoms with Gasteiger partial charge in [-0.25, -0.2) is 0 Å². The van der Waals surface area contributed by atoms with E-state index in [4.69, 9.17) is 0 Å². The average Bonchev–Trinajstić information content (AvgIpc) is 2.54. The first-order chi connectivity index (χ1) is 10.8. The van der Waals surface area contributed by atoms with Crippen LogP contribution < -0.4 is 10.6 Å². The highest BCUT2D eigenvalue weighted by Crippen LogP contribution is 2.15. The van der Waals surface area contributed by atoms with Crippen LogP contribution in [0.4, 0.5) is 17.5 Å². The molecule has 2 heterocycles. The first kappa shape index (κ1) is 13.9. The highest BCUT2D eigenvalue weighted by atomic mass is 15.3. The van der Waals surface area contributed by atoms with E-state index in [0.717, 1.165) is 11.4 Å². The van der Waals surface area contributed by atoms with Crippen LogP contribution >= 0.6 is 0 Å². The predicted molar refractivity (Wildman–Crippen MR) is 85.9 cm³/mol. The van der Waals surface area contributed by atoms with Gasteiger partial charge in [0.05, 0.1) is 18.4 Å². The lowest BCUT2D eigenvalue weighted by molar-refractivity contribution is 0.934. The van der Waals surface area contributed by atoms with Gasteiger partial charge in [0, 0.05) is 11.9 Å². The molecule has 0 atom stereocenters. The molecule has 6 nitrogen and oxygen atoms in total. The van der Waals surface area contributed by atoms with Crippen molar-refractivity contribution in [1.29, 1.82) is 0 Å². The Labute approximate surface area is 128 Å². The minimum absolute atomic E-state index is 0.461. The van der Waals surface area contributed by atoms with Crippen LogP contribution in [0.15, 0.2) is 54.9 Å². The second-order valence-corrected chi connectivity index (χ2v) is 4.83. The molecule has 110 valence electrons. The number of anilines is 3. The van der Waals surface area contributed by atoms with E-state index in [1.165, 1.54) is 5.56 Å². The van der Waals surface area contributed by atoms with Crippen molar-refractivity contribution in [1.82, 2.24) is 20.2 Å². The van der Waals surface area contributed by atoms with Gasteiger partial charge in [-0.05, 0) is 36.8 Å². The molecule has 2 aromatic heterocycles. The number of aryl methyl sites for hydroxylation is 1. The van der Waals surface area contributed by atoms with Crippen LogP contribution in [-0.4, -0.2) is 20.2 Å². The van der Waals surface area contributed by atoms with E-state index in [2.05, 4.69) is 30.8 Å². The molecule has 0 bridgehead atoms. The SMILES string of the molecule is Cc1cccc(Nc2cnnc(NCc3ccccn3)n2)c1. The summed E-state index contributed by atoms with van der Waals surface area (Å²) in [5.41, 5.74) is 3.07. The van der Waals surface area contributed by atoms with Gasteiger partial charge in [-0.3, -0.25) is 4.98 Å². The number of aromatic nitrogens is 4. The van der Waals surface area contributed by atoms with Crippen LogP contribution in [0.1, 0.15) is 11.3 Å². The summed E-state index contributed by atoms with van der Waals surface area (Å²) in [5, 5.41) is 14.3. The van der Waals surface area contributed by atoms with E-state index in [1.54, 1.807) is 12.4 Å². The lowest BCUT2D eigenvalue weighted by Gasteiger charge is -2.08. The molecule has 2 N–H and O–H groups in total. The topological polar surface area (TPSA) is 75.6 Å². The monoisotopic (exact) mass is 292 g/mol. The molecule has 1 aromatic carbocycles. The third-order valence-corrected chi connectivity index (χ3v) is 3.00. The van der Waals surface area contributed by atoms with Crippen molar-refractivity contribution < 1.29 is 0 Å². The summed E-state index contributed by atoms with van der Waals surface area (Å²) in [6.07, 6.45) is 3.35. The average molecular weight is 292 g/mol. The van der Waals surface area contributed by atoms with Crippen molar-refractivity contribution in [3.05, 3.63) is 66.1 Å². The van der Waals surface area contributed by atoms with Gasteiger partial charge in [-0.2, -0.15) is 10.1 Å². The molecule has 0 saturated carbocycles. The zero-order valence-electron chi connectivity index (χ0n) is 12.2. The first-order valence-electron chi connectivity index (χ1n) is 6.97. The fourth-order valence-electron chi connectivity index (χ4n) is 1.98. The van der Waals surface area contributed by atoms with Crippen molar-refractivity contribution in [2.75, 3.05) is 10.6 Å². The fourth-order valence-corrected chi connectivity index (χ4v) is 1.98. The van der Waals surface area contributed by atoms with E-state index < -0.39 is 0 Å². The Hall–Kier alpha value is -3.02. The van der Waals surface area contributed by atoms with Crippen molar-refractivity contribution in [3.8, 4) is 0 Å². The summed E-state index contributed by atoms with van der Waals surface area (Å²) in [6, 6.07) is 13.8. The Balaban J connectivity index is 1.67. The third kappa shape index (κ3) is 3.76. The van der Waals surface area contributed by atoms with Crippen molar-refractivity contribution in [2.24, 2.45) is 0 Å². The first-order valence-corrected chi connectivity index (χ1v) is 6.97. The molecule has 0 radical (unpaired) electrons. The lowest BCUT2D eigenvalue weighted by Crippen LogP contribution is -2.07. The summed E-state index contributed by atoms with van der Waals surface area (Å²) < 4.78 is 0. The van der Waals surface area contributed by atoms with E-state index in [0.29, 0.717) is 18.3 Å². The highest BCUT2D eigenvalue weighted by Gasteiger charge is 2.02. The second kappa shape index (κ2) is 6.62. The molecule has 3 rings (SSSR count). The minimum Gasteiger partial charge on any atom is -0.347 e. The quantitative estimate of drug-likeness (QED) is 0.753. The van der Waals surface area contributed by atoms with Crippen LogP contribution in [0.3, 0.4) is 0 Å². The molecule has 0 spiro atoms. The summed E-state index contributed by atoms with van der Waals surface area (Å²) in [4.78, 5) is 8.63. The van der Waals surface area contributed by atoms with Crippen LogP contribution in [0, 0.1) is 6.92 Å². The van der Waals surface area contributed by atoms with Gasteiger partial charge in [0.15, 0.2) is 5.82 Å². The van der Waals surface area contributed by atoms with E-state index in [1.807, 2.05) is 49.4 Å². The van der Waals surface area contributed by atoms with Gasteiger partial charge in [-0.1, -0.05) is 18.2 Å². The molecule has 0 aliphatic rings. The fraction of sp³-hybridized carbons (Fsp3) is 0.125. The molecule has 22 heavy (non-hydrogen) atoms. The largest absolute Gasteiger partial charge is 0.347 e. The summed E-state index contributed by atoms with van der Waals surface area (Å²) in [5.74, 6) is 1.10. The molecule has 0 aliphatic heterocycles. The van der Waals surface area contributed by atoms with Crippen molar-refractivity contribution in [3.63, 3.8) is 0 Å². The Kier molecular flexibility index (Phi) is 4.20. The maximum Gasteiger partial charge on any atom is 0.245 e. The molecule has 0 saturated heterocycles. The smallest absolute Gasteiger partial charge is 0.245 e. The van der Waals surface area contributed by atoms with Crippen LogP contribution in [-0.2, 0) is 6.54 Å². The third-order valence-electron chi connectivity index (χ3n) is 3.00. The number of nitrogens with one attached hydrogen (secondary N) is 2. The van der Waals surface area contributed by atoms with E-state index >= 15 is 0 Å². The normalized spacial score (nSPS) is 10.2. The summed E-state index contributed by atoms with van der Waals surface area (Å²) in [7, 11) is 0. The summed E-state index contributed by atoms with van der Waals surface area (Å²) in [6.45, 7) is 2.60. The zero-order valence-corrected chi connectivity index (χ0v) is 12.2. The van der Waals surface area contributed by atoms with Gasteiger partial charge < -0.3 is 10.6 Å².